The van der Waals surface area contributed by atoms with Gasteiger partial charge < -0.3 is 10.2 Å². The van der Waals surface area contributed by atoms with E-state index in [0.717, 1.165) is 44.2 Å². The van der Waals surface area contributed by atoms with E-state index in [1.807, 2.05) is 0 Å². The summed E-state index contributed by atoms with van der Waals surface area (Å²) in [7, 11) is 1.53. The van der Waals surface area contributed by atoms with Crippen molar-refractivity contribution in [2.45, 2.75) is 43.4 Å². The molecule has 0 aromatic heterocycles. The number of rotatable bonds is 4. The molecule has 0 spiro atoms. The third kappa shape index (κ3) is 3.27. The molecular formula is C20H22ClF3N2O2. The highest BCUT2D eigenvalue weighted by Crippen LogP contribution is 2.64. The summed E-state index contributed by atoms with van der Waals surface area (Å²) in [6.45, 7) is -0.302. The van der Waals surface area contributed by atoms with E-state index in [0.29, 0.717) is 18.3 Å². The van der Waals surface area contributed by atoms with Crippen molar-refractivity contribution in [3.8, 4) is 0 Å². The topological polar surface area (TPSA) is 49.4 Å². The van der Waals surface area contributed by atoms with Gasteiger partial charge >= 0.3 is 0 Å². The first-order valence-electron chi connectivity index (χ1n) is 9.49. The first kappa shape index (κ1) is 19.6. The van der Waals surface area contributed by atoms with Gasteiger partial charge in [0.1, 0.15) is 0 Å². The van der Waals surface area contributed by atoms with Gasteiger partial charge in [-0.15, -0.1) is 11.6 Å². The molecule has 8 heteroatoms. The van der Waals surface area contributed by atoms with Gasteiger partial charge in [0.2, 0.25) is 11.8 Å². The second-order valence-electron chi connectivity index (χ2n) is 8.82. The zero-order valence-electron chi connectivity index (χ0n) is 15.5. The third-order valence-corrected chi connectivity index (χ3v) is 6.92. The average Bonchev–Trinajstić information content (AvgIpc) is 2.59. The maximum absolute atomic E-state index is 13.7. The largest absolute Gasteiger partial charge is 0.336 e. The van der Waals surface area contributed by atoms with E-state index in [4.69, 9.17) is 11.6 Å². The Labute approximate surface area is 166 Å². The molecule has 4 fully saturated rings. The molecule has 2 atom stereocenters. The van der Waals surface area contributed by atoms with Crippen LogP contribution in [0, 0.1) is 34.7 Å². The minimum atomic E-state index is -1.65. The number of carbonyl (C=O) groups excluding carboxylic acids is 2. The Hall–Kier alpha value is -1.76. The fourth-order valence-electron chi connectivity index (χ4n) is 5.91. The number of nitrogens with zero attached hydrogens (tertiary/aromatic N) is 1. The van der Waals surface area contributed by atoms with Gasteiger partial charge in [-0.2, -0.15) is 0 Å². The molecule has 0 heterocycles. The molecule has 4 nitrogen and oxygen atoms in total. The van der Waals surface area contributed by atoms with Crippen molar-refractivity contribution in [3.05, 3.63) is 29.6 Å². The summed E-state index contributed by atoms with van der Waals surface area (Å²) in [5.41, 5.74) is -0.993. The summed E-state index contributed by atoms with van der Waals surface area (Å²) >= 11 is 6.77. The summed E-state index contributed by atoms with van der Waals surface area (Å²) in [6, 6.07) is 1.68. The molecule has 152 valence electrons. The standard InChI is InChI=1S/C20H22ClF3N2O2/c1-26(9-15(27)25-14-3-2-13(22)16(23)17(14)24)18(28)19-5-11-4-12(6-19)8-20(21,7-11)10-19/h2-3,11-12H,4-10H2,1H3,(H,25,27). The van der Waals surface area contributed by atoms with Crippen LogP contribution in [0.4, 0.5) is 18.9 Å². The number of hydrogen-bond donors (Lipinski definition) is 1. The smallest absolute Gasteiger partial charge is 0.244 e. The van der Waals surface area contributed by atoms with Crippen LogP contribution in [0.1, 0.15) is 38.5 Å². The van der Waals surface area contributed by atoms with E-state index in [1.54, 1.807) is 0 Å². The van der Waals surface area contributed by atoms with Crippen LogP contribution in [-0.2, 0) is 9.59 Å². The molecular weight excluding hydrogens is 393 g/mol. The van der Waals surface area contributed by atoms with Gasteiger partial charge in [-0.05, 0) is 62.5 Å². The molecule has 1 aromatic rings. The number of hydrogen-bond acceptors (Lipinski definition) is 2. The summed E-state index contributed by atoms with van der Waals surface area (Å²) in [5, 5.41) is 2.20. The van der Waals surface area contributed by atoms with Crippen molar-refractivity contribution in [1.82, 2.24) is 4.90 Å². The number of nitrogens with one attached hydrogen (secondary N) is 1. The van der Waals surface area contributed by atoms with Crippen molar-refractivity contribution in [3.63, 3.8) is 0 Å². The Bertz CT molecular complexity index is 833. The summed E-state index contributed by atoms with van der Waals surface area (Å²) in [6.07, 6.45) is 5.21. The molecule has 0 saturated heterocycles. The van der Waals surface area contributed by atoms with Crippen molar-refractivity contribution in [2.24, 2.45) is 17.3 Å². The van der Waals surface area contributed by atoms with Gasteiger partial charge in [0.05, 0.1) is 17.6 Å². The number of likely N-dealkylation sites (N-methyl/N-ethyl adjacent to an activating group) is 1. The van der Waals surface area contributed by atoms with E-state index in [2.05, 4.69) is 5.32 Å². The Morgan fingerprint density at radius 2 is 1.79 bits per heavy atom. The van der Waals surface area contributed by atoms with E-state index in [-0.39, 0.29) is 17.3 Å². The van der Waals surface area contributed by atoms with Crippen LogP contribution in [0.3, 0.4) is 0 Å². The van der Waals surface area contributed by atoms with Crippen LogP contribution in [0.5, 0.6) is 0 Å². The number of amides is 2. The second kappa shape index (κ2) is 6.65. The van der Waals surface area contributed by atoms with Crippen LogP contribution in [0.15, 0.2) is 12.1 Å². The van der Waals surface area contributed by atoms with Crippen molar-refractivity contribution in [2.75, 3.05) is 18.9 Å². The van der Waals surface area contributed by atoms with Crippen molar-refractivity contribution in [1.29, 1.82) is 0 Å². The monoisotopic (exact) mass is 414 g/mol. The second-order valence-corrected chi connectivity index (χ2v) is 9.63. The molecule has 4 saturated carbocycles. The number of benzene rings is 1. The highest BCUT2D eigenvalue weighted by atomic mass is 35.5. The average molecular weight is 415 g/mol. The van der Waals surface area contributed by atoms with Gasteiger partial charge in [0.25, 0.3) is 0 Å². The predicted molar refractivity (Wildman–Crippen MR) is 98.3 cm³/mol. The highest BCUT2D eigenvalue weighted by molar-refractivity contribution is 6.24. The molecule has 4 bridgehead atoms. The van der Waals surface area contributed by atoms with E-state index < -0.39 is 34.5 Å². The minimum absolute atomic E-state index is 0.118. The quantitative estimate of drug-likeness (QED) is 0.596. The van der Waals surface area contributed by atoms with E-state index in [1.165, 1.54) is 11.9 Å². The molecule has 0 radical (unpaired) electrons. The lowest BCUT2D eigenvalue weighted by molar-refractivity contribution is -0.155. The molecule has 2 unspecified atom stereocenters. The normalized spacial score (nSPS) is 33.0. The minimum Gasteiger partial charge on any atom is -0.336 e. The van der Waals surface area contributed by atoms with Gasteiger partial charge in [-0.1, -0.05) is 0 Å². The van der Waals surface area contributed by atoms with Crippen LogP contribution in [0.25, 0.3) is 0 Å². The van der Waals surface area contributed by atoms with Crippen LogP contribution < -0.4 is 5.32 Å². The van der Waals surface area contributed by atoms with Crippen LogP contribution >= 0.6 is 11.6 Å². The molecule has 5 rings (SSSR count). The molecule has 2 amide bonds. The van der Waals surface area contributed by atoms with Crippen molar-refractivity contribution >= 4 is 29.1 Å². The Morgan fingerprint density at radius 3 is 2.39 bits per heavy atom. The maximum atomic E-state index is 13.7. The van der Waals surface area contributed by atoms with Crippen LogP contribution in [-0.4, -0.2) is 35.2 Å². The zero-order valence-corrected chi connectivity index (χ0v) is 16.3. The fourth-order valence-corrected chi connectivity index (χ4v) is 6.60. The lowest BCUT2D eigenvalue weighted by atomic mass is 9.49. The van der Waals surface area contributed by atoms with Gasteiger partial charge in [0, 0.05) is 11.9 Å². The van der Waals surface area contributed by atoms with E-state index >= 15 is 0 Å². The zero-order chi connectivity index (χ0) is 20.3. The van der Waals surface area contributed by atoms with Crippen LogP contribution in [0.2, 0.25) is 0 Å². The number of alkyl halides is 1. The number of anilines is 1. The molecule has 1 aromatic carbocycles. The van der Waals surface area contributed by atoms with Gasteiger partial charge in [-0.3, -0.25) is 9.59 Å². The van der Waals surface area contributed by atoms with Gasteiger partial charge in [-0.25, -0.2) is 13.2 Å². The molecule has 28 heavy (non-hydrogen) atoms. The maximum Gasteiger partial charge on any atom is 0.244 e. The lowest BCUT2D eigenvalue weighted by Gasteiger charge is -2.59. The SMILES string of the molecule is CN(CC(=O)Nc1ccc(F)c(F)c1F)C(=O)C12CC3CC(CC(Cl)(C3)C1)C2. The number of halogens is 4. The first-order valence-corrected chi connectivity index (χ1v) is 9.86. The molecule has 4 aliphatic rings. The molecule has 0 aliphatic heterocycles. The lowest BCUT2D eigenvalue weighted by Crippen LogP contribution is -2.59. The summed E-state index contributed by atoms with van der Waals surface area (Å²) in [4.78, 5) is 26.5. The Morgan fingerprint density at radius 1 is 1.14 bits per heavy atom. The Kier molecular flexibility index (Phi) is 4.64. The van der Waals surface area contributed by atoms with Gasteiger partial charge in [0.15, 0.2) is 17.5 Å². The number of carbonyl (C=O) groups is 2. The Balaban J connectivity index is 1.44. The third-order valence-electron chi connectivity index (χ3n) is 6.48. The summed E-state index contributed by atoms with van der Waals surface area (Å²) in [5.74, 6) is -4.35. The predicted octanol–water partition coefficient (Wildman–Crippen LogP) is 4.08. The highest BCUT2D eigenvalue weighted by Gasteiger charge is 2.60. The molecule has 4 aliphatic carbocycles. The molecule has 1 N–H and O–H groups in total. The first-order chi connectivity index (χ1) is 13.1. The fraction of sp³-hybridized carbons (Fsp3) is 0.600. The van der Waals surface area contributed by atoms with Crippen molar-refractivity contribution < 1.29 is 22.8 Å². The summed E-state index contributed by atoms with van der Waals surface area (Å²) < 4.78 is 40.1. The van der Waals surface area contributed by atoms with E-state index in [9.17, 15) is 22.8 Å².